The zero-order valence-corrected chi connectivity index (χ0v) is 12.2. The van der Waals surface area contributed by atoms with Gasteiger partial charge in [0.1, 0.15) is 0 Å². The van der Waals surface area contributed by atoms with Gasteiger partial charge in [0, 0.05) is 26.2 Å². The highest BCUT2D eigenvalue weighted by atomic mass is 16.4. The minimum atomic E-state index is -0.779. The molecule has 0 bridgehead atoms. The molecule has 2 saturated heterocycles. The fourth-order valence-corrected chi connectivity index (χ4v) is 3.31. The number of nitrogens with two attached hydrogens (primary N) is 1. The summed E-state index contributed by atoms with van der Waals surface area (Å²) in [7, 11) is 0. The number of carbonyl (C=O) groups excluding carboxylic acids is 1. The van der Waals surface area contributed by atoms with Gasteiger partial charge in [-0.15, -0.1) is 0 Å². The smallest absolute Gasteiger partial charge is 0.320 e. The van der Waals surface area contributed by atoms with Crippen molar-refractivity contribution in [1.82, 2.24) is 9.80 Å². The van der Waals surface area contributed by atoms with Crippen LogP contribution in [0.2, 0.25) is 0 Å². The summed E-state index contributed by atoms with van der Waals surface area (Å²) in [4.78, 5) is 27.6. The maximum Gasteiger partial charge on any atom is 0.320 e. The first-order chi connectivity index (χ1) is 9.52. The van der Waals surface area contributed by atoms with Crippen molar-refractivity contribution in [2.45, 2.75) is 32.6 Å². The molecule has 2 fully saturated rings. The van der Waals surface area contributed by atoms with Crippen LogP contribution in [0.3, 0.4) is 0 Å². The molecule has 0 spiro atoms. The summed E-state index contributed by atoms with van der Waals surface area (Å²) < 4.78 is 0. The third-order valence-corrected chi connectivity index (χ3v) is 4.87. The Balaban J connectivity index is 2.02. The maximum absolute atomic E-state index is 12.5. The zero-order valence-electron chi connectivity index (χ0n) is 12.2. The van der Waals surface area contributed by atoms with Gasteiger partial charge in [0.15, 0.2) is 0 Å². The van der Waals surface area contributed by atoms with Crippen LogP contribution in [0, 0.1) is 11.3 Å². The van der Waals surface area contributed by atoms with E-state index in [1.54, 1.807) is 4.90 Å². The van der Waals surface area contributed by atoms with E-state index in [1.165, 1.54) is 0 Å². The van der Waals surface area contributed by atoms with Gasteiger partial charge in [-0.2, -0.15) is 0 Å². The lowest BCUT2D eigenvalue weighted by Gasteiger charge is -2.40. The van der Waals surface area contributed by atoms with Crippen molar-refractivity contribution >= 4 is 12.0 Å². The molecule has 0 aromatic rings. The minimum Gasteiger partial charge on any atom is -0.481 e. The number of rotatable bonds is 3. The van der Waals surface area contributed by atoms with Crippen molar-refractivity contribution < 1.29 is 14.7 Å². The van der Waals surface area contributed by atoms with E-state index in [2.05, 4.69) is 0 Å². The number of nitrogens with zero attached hydrogens (tertiary/aromatic N) is 2. The summed E-state index contributed by atoms with van der Waals surface area (Å²) in [6.07, 6.45) is 2.94. The molecule has 0 aromatic heterocycles. The highest BCUT2D eigenvalue weighted by Crippen LogP contribution is 2.34. The van der Waals surface area contributed by atoms with Gasteiger partial charge in [-0.25, -0.2) is 4.79 Å². The summed E-state index contributed by atoms with van der Waals surface area (Å²) in [6, 6.07) is -0.0141. The summed E-state index contributed by atoms with van der Waals surface area (Å²) >= 11 is 0. The van der Waals surface area contributed by atoms with E-state index in [0.29, 0.717) is 44.9 Å². The van der Waals surface area contributed by atoms with Crippen molar-refractivity contribution in [2.75, 3.05) is 32.7 Å². The van der Waals surface area contributed by atoms with Gasteiger partial charge in [-0.05, 0) is 38.1 Å². The van der Waals surface area contributed by atoms with Crippen LogP contribution in [0.5, 0.6) is 0 Å². The van der Waals surface area contributed by atoms with E-state index in [0.717, 1.165) is 19.4 Å². The third-order valence-electron chi connectivity index (χ3n) is 4.87. The Morgan fingerprint density at radius 3 is 2.65 bits per heavy atom. The van der Waals surface area contributed by atoms with Gasteiger partial charge in [0.25, 0.3) is 0 Å². The largest absolute Gasteiger partial charge is 0.481 e. The summed E-state index contributed by atoms with van der Waals surface area (Å²) in [6.45, 7) is 4.95. The van der Waals surface area contributed by atoms with Crippen LogP contribution in [0.25, 0.3) is 0 Å². The molecule has 114 valence electrons. The Morgan fingerprint density at radius 1 is 1.35 bits per heavy atom. The molecular weight excluding hydrogens is 258 g/mol. The molecule has 2 rings (SSSR count). The minimum absolute atomic E-state index is 0.0141. The second-order valence-electron chi connectivity index (χ2n) is 6.08. The zero-order chi connectivity index (χ0) is 14.8. The standard InChI is InChI=1S/C14H25N3O3/c1-2-14(12(18)19)5-3-6-17(10-14)13(20)16-7-4-11(8-15)9-16/h11H,2-10,15H2,1H3,(H,18,19). The number of hydrogen-bond donors (Lipinski definition) is 2. The van der Waals surface area contributed by atoms with E-state index >= 15 is 0 Å². The number of urea groups is 1. The van der Waals surface area contributed by atoms with Gasteiger partial charge in [0.2, 0.25) is 0 Å². The summed E-state index contributed by atoms with van der Waals surface area (Å²) in [5.41, 5.74) is 4.89. The highest BCUT2D eigenvalue weighted by molar-refractivity contribution is 5.79. The SMILES string of the molecule is CCC1(C(=O)O)CCCN(C(=O)N2CCC(CN)C2)C1. The quantitative estimate of drug-likeness (QED) is 0.808. The fraction of sp³-hybridized carbons (Fsp3) is 0.857. The maximum atomic E-state index is 12.5. The van der Waals surface area contributed by atoms with E-state index in [-0.39, 0.29) is 6.03 Å². The van der Waals surface area contributed by atoms with Crippen molar-refractivity contribution in [3.05, 3.63) is 0 Å². The second kappa shape index (κ2) is 5.99. The average Bonchev–Trinajstić information content (AvgIpc) is 2.95. The van der Waals surface area contributed by atoms with E-state index in [1.807, 2.05) is 11.8 Å². The molecule has 2 aliphatic rings. The van der Waals surface area contributed by atoms with Gasteiger partial charge in [-0.3, -0.25) is 4.79 Å². The number of amides is 2. The molecule has 20 heavy (non-hydrogen) atoms. The van der Waals surface area contributed by atoms with Gasteiger partial charge in [0.05, 0.1) is 5.41 Å². The number of aliphatic carboxylic acids is 1. The lowest BCUT2D eigenvalue weighted by atomic mass is 9.78. The van der Waals surface area contributed by atoms with Gasteiger partial charge in [-0.1, -0.05) is 6.92 Å². The predicted molar refractivity (Wildman–Crippen MR) is 75.3 cm³/mol. The first-order valence-corrected chi connectivity index (χ1v) is 7.49. The Bertz CT molecular complexity index is 388. The topological polar surface area (TPSA) is 86.9 Å². The number of carboxylic acids is 1. The first kappa shape index (κ1) is 15.1. The second-order valence-corrected chi connectivity index (χ2v) is 6.08. The molecule has 2 aliphatic heterocycles. The Morgan fingerprint density at radius 2 is 2.10 bits per heavy atom. The van der Waals surface area contributed by atoms with Crippen molar-refractivity contribution in [3.8, 4) is 0 Å². The lowest BCUT2D eigenvalue weighted by Crippen LogP contribution is -2.53. The molecule has 6 nitrogen and oxygen atoms in total. The van der Waals surface area contributed by atoms with E-state index in [9.17, 15) is 14.7 Å². The number of piperidine rings is 1. The number of carboxylic acid groups (broad SMARTS) is 1. The fourth-order valence-electron chi connectivity index (χ4n) is 3.31. The molecule has 2 unspecified atom stereocenters. The molecule has 0 aliphatic carbocycles. The summed E-state index contributed by atoms with van der Waals surface area (Å²) in [5, 5.41) is 9.47. The first-order valence-electron chi connectivity index (χ1n) is 7.49. The van der Waals surface area contributed by atoms with Crippen LogP contribution < -0.4 is 5.73 Å². The lowest BCUT2D eigenvalue weighted by molar-refractivity contribution is -0.152. The normalized spacial score (nSPS) is 30.6. The van der Waals surface area contributed by atoms with Crippen LogP contribution in [0.15, 0.2) is 0 Å². The molecule has 6 heteroatoms. The highest BCUT2D eigenvalue weighted by Gasteiger charge is 2.43. The van der Waals surface area contributed by atoms with Crippen LogP contribution in [-0.4, -0.2) is 59.6 Å². The van der Waals surface area contributed by atoms with Crippen molar-refractivity contribution in [3.63, 3.8) is 0 Å². The molecule has 2 amide bonds. The van der Waals surface area contributed by atoms with Crippen LogP contribution in [-0.2, 0) is 4.79 Å². The monoisotopic (exact) mass is 283 g/mol. The summed E-state index contributed by atoms with van der Waals surface area (Å²) in [5.74, 6) is -0.391. The van der Waals surface area contributed by atoms with E-state index in [4.69, 9.17) is 5.73 Å². The molecule has 2 atom stereocenters. The molecular formula is C14H25N3O3. The average molecular weight is 283 g/mol. The third kappa shape index (κ3) is 2.75. The molecule has 3 N–H and O–H groups in total. The number of carbonyl (C=O) groups is 2. The van der Waals surface area contributed by atoms with Gasteiger partial charge >= 0.3 is 12.0 Å². The van der Waals surface area contributed by atoms with Crippen LogP contribution in [0.1, 0.15) is 32.6 Å². The van der Waals surface area contributed by atoms with Gasteiger partial charge < -0.3 is 20.6 Å². The number of likely N-dealkylation sites (tertiary alicyclic amines) is 2. The Hall–Kier alpha value is -1.30. The van der Waals surface area contributed by atoms with Crippen LogP contribution in [0.4, 0.5) is 4.79 Å². The predicted octanol–water partition coefficient (Wildman–Crippen LogP) is 0.964. The molecule has 2 heterocycles. The van der Waals surface area contributed by atoms with Crippen molar-refractivity contribution in [2.24, 2.45) is 17.1 Å². The van der Waals surface area contributed by atoms with E-state index < -0.39 is 11.4 Å². The molecule has 0 saturated carbocycles. The molecule has 0 aromatic carbocycles. The molecule has 0 radical (unpaired) electrons. The van der Waals surface area contributed by atoms with Crippen LogP contribution >= 0.6 is 0 Å². The Kier molecular flexibility index (Phi) is 4.52. The van der Waals surface area contributed by atoms with Crippen molar-refractivity contribution in [1.29, 1.82) is 0 Å². The Labute approximate surface area is 119 Å². The number of hydrogen-bond acceptors (Lipinski definition) is 3.